The zero-order valence-corrected chi connectivity index (χ0v) is 16.9. The normalized spacial score (nSPS) is 10.9. The summed E-state index contributed by atoms with van der Waals surface area (Å²) in [7, 11) is 0. The molecule has 0 unspecified atom stereocenters. The van der Waals surface area contributed by atoms with Crippen LogP contribution in [-0.4, -0.2) is 19.9 Å². The van der Waals surface area contributed by atoms with Gasteiger partial charge in [-0.2, -0.15) is 4.39 Å². The van der Waals surface area contributed by atoms with E-state index < -0.39 is 11.8 Å². The highest BCUT2D eigenvalue weighted by Gasteiger charge is 2.10. The van der Waals surface area contributed by atoms with Gasteiger partial charge < -0.3 is 9.72 Å². The average Bonchev–Trinajstić information content (AvgIpc) is 3.18. The van der Waals surface area contributed by atoms with Gasteiger partial charge in [-0.25, -0.2) is 14.4 Å². The number of aryl methyl sites for hydroxylation is 1. The summed E-state index contributed by atoms with van der Waals surface area (Å²) in [4.78, 5) is 15.2. The second-order valence-corrected chi connectivity index (χ2v) is 7.28. The predicted octanol–water partition coefficient (Wildman–Crippen LogP) is 5.46. The van der Waals surface area contributed by atoms with Gasteiger partial charge in [-0.05, 0) is 64.8 Å². The summed E-state index contributed by atoms with van der Waals surface area (Å²) in [5, 5.41) is 0. The molecular formula is C21H15BrF2N4O. The molecule has 1 N–H and O–H groups in total. The maximum atomic E-state index is 13.9. The Morgan fingerprint density at radius 2 is 1.86 bits per heavy atom. The van der Waals surface area contributed by atoms with Gasteiger partial charge >= 0.3 is 0 Å². The molecule has 4 rings (SSSR count). The monoisotopic (exact) mass is 456 g/mol. The van der Waals surface area contributed by atoms with Crippen LogP contribution in [0.15, 0.2) is 59.5 Å². The summed E-state index contributed by atoms with van der Waals surface area (Å²) in [6.45, 7) is 1.98. The predicted molar refractivity (Wildman–Crippen MR) is 108 cm³/mol. The van der Waals surface area contributed by atoms with Crippen molar-refractivity contribution >= 4 is 15.9 Å². The van der Waals surface area contributed by atoms with E-state index in [4.69, 9.17) is 4.74 Å². The first-order valence-electron chi connectivity index (χ1n) is 8.70. The lowest BCUT2D eigenvalue weighted by atomic mass is 10.1. The smallest absolute Gasteiger partial charge is 0.212 e. The highest BCUT2D eigenvalue weighted by molar-refractivity contribution is 9.10. The van der Waals surface area contributed by atoms with E-state index in [1.54, 1.807) is 18.3 Å². The van der Waals surface area contributed by atoms with Crippen LogP contribution in [0.2, 0.25) is 0 Å². The first-order valence-corrected chi connectivity index (χ1v) is 9.49. The molecule has 29 heavy (non-hydrogen) atoms. The quantitative estimate of drug-likeness (QED) is 0.404. The van der Waals surface area contributed by atoms with E-state index in [9.17, 15) is 8.78 Å². The molecule has 5 nitrogen and oxygen atoms in total. The second kappa shape index (κ2) is 8.08. The molecule has 3 aromatic heterocycles. The lowest BCUT2D eigenvalue weighted by Crippen LogP contribution is -2.01. The van der Waals surface area contributed by atoms with Crippen molar-refractivity contribution in [2.24, 2.45) is 0 Å². The second-order valence-electron chi connectivity index (χ2n) is 6.36. The fourth-order valence-corrected chi connectivity index (χ4v) is 3.15. The van der Waals surface area contributed by atoms with Crippen LogP contribution < -0.4 is 4.74 Å². The Kier molecular flexibility index (Phi) is 5.35. The van der Waals surface area contributed by atoms with Crippen LogP contribution in [0.1, 0.15) is 11.3 Å². The molecule has 8 heteroatoms. The Balaban J connectivity index is 1.51. The van der Waals surface area contributed by atoms with Gasteiger partial charge in [0, 0.05) is 28.0 Å². The molecule has 0 saturated heterocycles. The number of halogens is 3. The molecule has 0 fully saturated rings. The van der Waals surface area contributed by atoms with Crippen molar-refractivity contribution in [1.82, 2.24) is 19.9 Å². The standard InChI is InChI=1S/C21H15BrF2N4O/c1-12-6-15(29-11-19-17(23)7-14(22)9-25-19)3-4-16(12)18-10-27-21(28-18)13-2-5-20(24)26-8-13/h2-10H,11H2,1H3,(H,27,28). The average molecular weight is 457 g/mol. The molecule has 3 heterocycles. The van der Waals surface area contributed by atoms with Gasteiger partial charge in [-0.15, -0.1) is 0 Å². The number of benzene rings is 1. The Morgan fingerprint density at radius 3 is 2.59 bits per heavy atom. The Hall–Kier alpha value is -3.13. The minimum Gasteiger partial charge on any atom is -0.487 e. The van der Waals surface area contributed by atoms with Crippen molar-refractivity contribution in [2.45, 2.75) is 13.5 Å². The number of hydrogen-bond donors (Lipinski definition) is 1. The van der Waals surface area contributed by atoms with Crippen molar-refractivity contribution in [3.63, 3.8) is 0 Å². The van der Waals surface area contributed by atoms with E-state index in [0.29, 0.717) is 21.6 Å². The number of nitrogens with zero attached hydrogens (tertiary/aromatic N) is 3. The van der Waals surface area contributed by atoms with Gasteiger partial charge in [0.2, 0.25) is 5.95 Å². The molecule has 0 spiro atoms. The number of ether oxygens (including phenoxy) is 1. The zero-order valence-electron chi connectivity index (χ0n) is 15.3. The van der Waals surface area contributed by atoms with E-state index in [0.717, 1.165) is 16.8 Å². The molecule has 0 aliphatic carbocycles. The highest BCUT2D eigenvalue weighted by Crippen LogP contribution is 2.28. The third kappa shape index (κ3) is 4.32. The number of aromatic amines is 1. The van der Waals surface area contributed by atoms with Crippen LogP contribution in [-0.2, 0) is 6.61 Å². The fourth-order valence-electron chi connectivity index (χ4n) is 2.85. The fraction of sp³-hybridized carbons (Fsp3) is 0.0952. The van der Waals surface area contributed by atoms with Crippen LogP contribution in [0.25, 0.3) is 22.6 Å². The Morgan fingerprint density at radius 1 is 1.00 bits per heavy atom. The van der Waals surface area contributed by atoms with E-state index in [1.165, 1.54) is 24.5 Å². The van der Waals surface area contributed by atoms with Crippen LogP contribution in [0.3, 0.4) is 0 Å². The molecule has 0 radical (unpaired) electrons. The summed E-state index contributed by atoms with van der Waals surface area (Å²) in [6, 6.07) is 9.83. The number of hydrogen-bond acceptors (Lipinski definition) is 4. The minimum absolute atomic E-state index is 0.0314. The Bertz CT molecular complexity index is 1160. The molecular weight excluding hydrogens is 442 g/mol. The van der Waals surface area contributed by atoms with Gasteiger partial charge in [0.15, 0.2) is 0 Å². The largest absolute Gasteiger partial charge is 0.487 e. The van der Waals surface area contributed by atoms with Crippen molar-refractivity contribution in [2.75, 3.05) is 0 Å². The van der Waals surface area contributed by atoms with E-state index in [-0.39, 0.29) is 12.3 Å². The van der Waals surface area contributed by atoms with Gasteiger partial charge in [-0.3, -0.25) is 4.98 Å². The maximum Gasteiger partial charge on any atom is 0.212 e. The highest BCUT2D eigenvalue weighted by atomic mass is 79.9. The zero-order chi connectivity index (χ0) is 20.4. The van der Waals surface area contributed by atoms with Crippen molar-refractivity contribution in [1.29, 1.82) is 0 Å². The molecule has 0 aliphatic rings. The van der Waals surface area contributed by atoms with Crippen molar-refractivity contribution in [3.8, 4) is 28.4 Å². The summed E-state index contributed by atoms with van der Waals surface area (Å²) in [6.07, 6.45) is 4.67. The minimum atomic E-state index is -0.537. The van der Waals surface area contributed by atoms with Gasteiger partial charge in [0.25, 0.3) is 0 Å². The van der Waals surface area contributed by atoms with E-state index >= 15 is 0 Å². The molecule has 1 aromatic carbocycles. The number of rotatable bonds is 5. The number of imidazole rings is 1. The van der Waals surface area contributed by atoms with Crippen molar-refractivity contribution in [3.05, 3.63) is 82.5 Å². The first-order chi connectivity index (χ1) is 14.0. The lowest BCUT2D eigenvalue weighted by Gasteiger charge is -2.10. The topological polar surface area (TPSA) is 63.7 Å². The number of aromatic nitrogens is 4. The molecule has 0 saturated carbocycles. The SMILES string of the molecule is Cc1cc(OCc2ncc(Br)cc2F)ccc1-c1cnc(-c2ccc(F)nc2)[nH]1. The third-order valence-electron chi connectivity index (χ3n) is 4.32. The number of pyridine rings is 2. The van der Waals surface area contributed by atoms with E-state index in [1.807, 2.05) is 19.1 Å². The van der Waals surface area contributed by atoms with Crippen molar-refractivity contribution < 1.29 is 13.5 Å². The molecule has 146 valence electrons. The van der Waals surface area contributed by atoms with Crippen LogP contribution >= 0.6 is 15.9 Å². The lowest BCUT2D eigenvalue weighted by molar-refractivity contribution is 0.294. The number of nitrogens with one attached hydrogen (secondary N) is 1. The van der Waals surface area contributed by atoms with Gasteiger partial charge in [0.1, 0.15) is 29.7 Å². The first kappa shape index (κ1) is 19.2. The molecule has 0 bridgehead atoms. The maximum absolute atomic E-state index is 13.9. The van der Waals surface area contributed by atoms with Crippen LogP contribution in [0.5, 0.6) is 5.75 Å². The summed E-state index contributed by atoms with van der Waals surface area (Å²) in [5.41, 5.74) is 3.65. The molecule has 4 aromatic rings. The summed E-state index contributed by atoms with van der Waals surface area (Å²) < 4.78 is 33.1. The van der Waals surface area contributed by atoms with Crippen LogP contribution in [0.4, 0.5) is 8.78 Å². The molecule has 0 aliphatic heterocycles. The molecule has 0 amide bonds. The number of H-pyrrole nitrogens is 1. The Labute approximate surface area is 174 Å². The van der Waals surface area contributed by atoms with Crippen LogP contribution in [0, 0.1) is 18.7 Å². The van der Waals surface area contributed by atoms with Gasteiger partial charge in [0.05, 0.1) is 11.9 Å². The third-order valence-corrected chi connectivity index (χ3v) is 4.76. The summed E-state index contributed by atoms with van der Waals surface area (Å²) >= 11 is 3.18. The molecule has 0 atom stereocenters. The van der Waals surface area contributed by atoms with E-state index in [2.05, 4.69) is 35.9 Å². The van der Waals surface area contributed by atoms with Gasteiger partial charge in [-0.1, -0.05) is 0 Å². The summed E-state index contributed by atoms with van der Waals surface area (Å²) in [5.74, 6) is 0.250.